The van der Waals surface area contributed by atoms with Crippen LogP contribution < -0.4 is 17.2 Å². The number of carbonyl (C=O) groups is 1. The highest BCUT2D eigenvalue weighted by Crippen LogP contribution is 1.94. The van der Waals surface area contributed by atoms with Crippen molar-refractivity contribution >= 4 is 24.3 Å². The predicted molar refractivity (Wildman–Crippen MR) is 52.8 cm³/mol. The number of rotatable bonds is 5. The van der Waals surface area contributed by atoms with E-state index in [1.807, 2.05) is 0 Å². The molecule has 0 aliphatic heterocycles. The van der Waals surface area contributed by atoms with Crippen molar-refractivity contribution in [2.75, 3.05) is 6.54 Å². The lowest BCUT2D eigenvalue weighted by molar-refractivity contribution is -0.138. The number of hydrogen-bond donors (Lipinski definition) is 4. The molecular formula is C6H15ClN4O2. The van der Waals surface area contributed by atoms with Gasteiger partial charge in [0.1, 0.15) is 6.04 Å². The largest absolute Gasteiger partial charge is 0.480 e. The van der Waals surface area contributed by atoms with Gasteiger partial charge in [0.15, 0.2) is 5.96 Å². The van der Waals surface area contributed by atoms with Gasteiger partial charge in [-0.25, -0.2) is 0 Å². The van der Waals surface area contributed by atoms with Crippen molar-refractivity contribution in [2.45, 2.75) is 18.9 Å². The van der Waals surface area contributed by atoms with E-state index in [-0.39, 0.29) is 18.4 Å². The summed E-state index contributed by atoms with van der Waals surface area (Å²) in [4.78, 5) is 13.9. The first-order chi connectivity index (χ1) is 5.54. The van der Waals surface area contributed by atoms with Gasteiger partial charge >= 0.3 is 5.97 Å². The Morgan fingerprint density at radius 1 is 1.46 bits per heavy atom. The Hall–Kier alpha value is -1.01. The second-order valence-corrected chi connectivity index (χ2v) is 2.39. The Balaban J connectivity index is 0. The molecule has 0 saturated heterocycles. The molecule has 78 valence electrons. The molecule has 0 rings (SSSR count). The average Bonchev–Trinajstić information content (AvgIpc) is 1.97. The van der Waals surface area contributed by atoms with Crippen LogP contribution in [0.1, 0.15) is 12.8 Å². The number of nitrogens with two attached hydrogens (primary N) is 3. The maximum absolute atomic E-state index is 10.2. The molecule has 0 aliphatic carbocycles. The van der Waals surface area contributed by atoms with E-state index in [9.17, 15) is 4.79 Å². The number of guanidine groups is 1. The second-order valence-electron chi connectivity index (χ2n) is 2.39. The van der Waals surface area contributed by atoms with Crippen LogP contribution >= 0.6 is 12.4 Å². The van der Waals surface area contributed by atoms with Gasteiger partial charge in [-0.2, -0.15) is 0 Å². The molecule has 0 fully saturated rings. The van der Waals surface area contributed by atoms with Crippen LogP contribution in [0.2, 0.25) is 0 Å². The predicted octanol–water partition coefficient (Wildman–Crippen LogP) is -1.13. The minimum Gasteiger partial charge on any atom is -0.480 e. The summed E-state index contributed by atoms with van der Waals surface area (Å²) in [5.41, 5.74) is 15.3. The SMILES string of the molecule is Cl.NC(N)=NCCC[C@H](N)[13C](=O)O. The molecule has 1 atom stereocenters. The maximum Gasteiger partial charge on any atom is 0.320 e. The number of aliphatic carboxylic acids is 1. The number of aliphatic imine (C=N–C) groups is 1. The summed E-state index contributed by atoms with van der Waals surface area (Å²) in [6, 6.07) is -0.820. The van der Waals surface area contributed by atoms with E-state index >= 15 is 0 Å². The molecule has 0 heterocycles. The van der Waals surface area contributed by atoms with E-state index in [2.05, 4.69) is 4.99 Å². The highest BCUT2D eigenvalue weighted by molar-refractivity contribution is 5.85. The van der Waals surface area contributed by atoms with Gasteiger partial charge in [-0.15, -0.1) is 12.4 Å². The van der Waals surface area contributed by atoms with Crippen molar-refractivity contribution < 1.29 is 9.90 Å². The Bertz CT molecular complexity index is 181. The van der Waals surface area contributed by atoms with Gasteiger partial charge in [-0.1, -0.05) is 0 Å². The Labute approximate surface area is 82.6 Å². The molecule has 13 heavy (non-hydrogen) atoms. The molecule has 0 aromatic rings. The van der Waals surface area contributed by atoms with Crippen molar-refractivity contribution in [2.24, 2.45) is 22.2 Å². The zero-order valence-corrected chi connectivity index (χ0v) is 7.96. The molecule has 0 saturated carbocycles. The number of halogens is 1. The van der Waals surface area contributed by atoms with E-state index < -0.39 is 12.0 Å². The molecule has 0 spiro atoms. The van der Waals surface area contributed by atoms with E-state index in [0.29, 0.717) is 19.4 Å². The van der Waals surface area contributed by atoms with E-state index in [1.54, 1.807) is 0 Å². The first-order valence-electron chi connectivity index (χ1n) is 3.58. The van der Waals surface area contributed by atoms with Crippen molar-refractivity contribution in [3.63, 3.8) is 0 Å². The van der Waals surface area contributed by atoms with Crippen LogP contribution in [0.25, 0.3) is 0 Å². The minimum atomic E-state index is -1.00. The number of carboxylic acid groups (broad SMARTS) is 1. The van der Waals surface area contributed by atoms with Crippen molar-refractivity contribution in [3.05, 3.63) is 0 Å². The van der Waals surface area contributed by atoms with Gasteiger partial charge in [0, 0.05) is 6.54 Å². The summed E-state index contributed by atoms with van der Waals surface area (Å²) < 4.78 is 0. The highest BCUT2D eigenvalue weighted by Gasteiger charge is 2.09. The summed E-state index contributed by atoms with van der Waals surface area (Å²) in [5, 5.41) is 8.38. The number of hydrogen-bond acceptors (Lipinski definition) is 3. The van der Waals surface area contributed by atoms with E-state index in [1.165, 1.54) is 0 Å². The van der Waals surface area contributed by atoms with Crippen LogP contribution in [0.3, 0.4) is 0 Å². The summed E-state index contributed by atoms with van der Waals surface area (Å²) in [6.45, 7) is 0.420. The van der Waals surface area contributed by atoms with Crippen molar-refractivity contribution in [3.8, 4) is 0 Å². The quantitative estimate of drug-likeness (QED) is 0.198. The van der Waals surface area contributed by atoms with Gasteiger partial charge < -0.3 is 22.3 Å². The molecule has 6 nitrogen and oxygen atoms in total. The molecule has 0 bridgehead atoms. The Morgan fingerprint density at radius 2 is 2.00 bits per heavy atom. The highest BCUT2D eigenvalue weighted by atomic mass is 35.5. The zero-order valence-electron chi connectivity index (χ0n) is 7.14. The maximum atomic E-state index is 10.2. The first-order valence-corrected chi connectivity index (χ1v) is 3.58. The van der Waals surface area contributed by atoms with Crippen LogP contribution in [0.5, 0.6) is 0 Å². The van der Waals surface area contributed by atoms with Crippen LogP contribution in [0.4, 0.5) is 0 Å². The Morgan fingerprint density at radius 3 is 2.38 bits per heavy atom. The first kappa shape index (κ1) is 14.5. The van der Waals surface area contributed by atoms with Gasteiger partial charge in [-0.3, -0.25) is 9.79 Å². The van der Waals surface area contributed by atoms with Crippen LogP contribution in [-0.2, 0) is 4.79 Å². The molecule has 0 aromatic carbocycles. The molecule has 7 heteroatoms. The lowest BCUT2D eigenvalue weighted by Gasteiger charge is -2.03. The summed E-state index contributed by atoms with van der Waals surface area (Å²) in [7, 11) is 0. The van der Waals surface area contributed by atoms with Crippen LogP contribution in [0, 0.1) is 0 Å². The second kappa shape index (κ2) is 7.63. The molecular weight excluding hydrogens is 197 g/mol. The molecule has 0 aromatic heterocycles. The third-order valence-electron chi connectivity index (χ3n) is 1.28. The zero-order chi connectivity index (χ0) is 9.56. The fourth-order valence-corrected chi connectivity index (χ4v) is 0.643. The fourth-order valence-electron chi connectivity index (χ4n) is 0.643. The van der Waals surface area contributed by atoms with E-state index in [4.69, 9.17) is 22.3 Å². The molecule has 0 aliphatic rings. The molecule has 0 radical (unpaired) electrons. The lowest BCUT2D eigenvalue weighted by Crippen LogP contribution is -2.30. The topological polar surface area (TPSA) is 128 Å². The summed E-state index contributed by atoms with van der Waals surface area (Å²) >= 11 is 0. The van der Waals surface area contributed by atoms with Crippen molar-refractivity contribution in [1.29, 1.82) is 0 Å². The minimum absolute atomic E-state index is 0. The summed E-state index contributed by atoms with van der Waals surface area (Å²) in [6.07, 6.45) is 0.956. The Kier molecular flexibility index (Phi) is 8.52. The third kappa shape index (κ3) is 8.90. The monoisotopic (exact) mass is 211 g/mol. The normalized spacial score (nSPS) is 11.2. The number of nitrogens with zero attached hydrogens (tertiary/aromatic N) is 1. The standard InChI is InChI=1S/C6H14N4O2.ClH/c7-4(5(11)12)2-1-3-10-6(8)9;/h4H,1-3,7H2,(H,11,12)(H4,8,9,10);1H/t4-;/m0./s1/i5+1;. The van der Waals surface area contributed by atoms with Crippen LogP contribution in [-0.4, -0.2) is 29.6 Å². The average molecular weight is 212 g/mol. The van der Waals surface area contributed by atoms with E-state index in [0.717, 1.165) is 0 Å². The fraction of sp³-hybridized carbons (Fsp3) is 0.667. The summed E-state index contributed by atoms with van der Waals surface area (Å²) in [5.74, 6) is -0.987. The smallest absolute Gasteiger partial charge is 0.320 e. The number of carboxylic acids is 1. The lowest BCUT2D eigenvalue weighted by atomic mass is 10.2. The van der Waals surface area contributed by atoms with Gasteiger partial charge in [0.05, 0.1) is 0 Å². The van der Waals surface area contributed by atoms with Crippen molar-refractivity contribution in [1.82, 2.24) is 0 Å². The molecule has 7 N–H and O–H groups in total. The van der Waals surface area contributed by atoms with Crippen LogP contribution in [0.15, 0.2) is 4.99 Å². The molecule has 0 unspecified atom stereocenters. The third-order valence-corrected chi connectivity index (χ3v) is 1.28. The molecule has 0 amide bonds. The van der Waals surface area contributed by atoms with Gasteiger partial charge in [0.25, 0.3) is 0 Å². The van der Waals surface area contributed by atoms with Gasteiger partial charge in [0.2, 0.25) is 0 Å². The van der Waals surface area contributed by atoms with Gasteiger partial charge in [-0.05, 0) is 12.8 Å².